The molecule has 0 aromatic carbocycles. The van der Waals surface area contributed by atoms with Gasteiger partial charge in [0.05, 0.1) is 17.4 Å². The number of aliphatic hydroxyl groups excluding tert-OH is 1. The quantitative estimate of drug-likeness (QED) is 0.157. The smallest absolute Gasteiger partial charge is 0.226 e. The molecule has 2 aliphatic rings. The zero-order valence-electron chi connectivity index (χ0n) is 27.9. The highest BCUT2D eigenvalue weighted by Crippen LogP contribution is 2.35. The van der Waals surface area contributed by atoms with Crippen molar-refractivity contribution in [2.24, 2.45) is 29.4 Å². The minimum Gasteiger partial charge on any atom is -0.390 e. The number of hydrazine groups is 1. The molecule has 5 atom stereocenters. The monoisotopic (exact) mass is 643 g/mol. The van der Waals surface area contributed by atoms with Crippen molar-refractivity contribution < 1.29 is 27.9 Å². The number of nitrogens with one attached hydrogen (secondary N) is 2. The summed E-state index contributed by atoms with van der Waals surface area (Å²) in [5.74, 6) is -2.09. The molecule has 44 heavy (non-hydrogen) atoms. The Bertz CT molecular complexity index is 997. The van der Waals surface area contributed by atoms with E-state index < -0.39 is 51.1 Å². The SMILES string of the molecule is CCCCN(CC(O)C(CC1CCCCC1)NC(=O)C1CC(C(N)=O)CC(C(=O)N(CCC)CCC)C1)NS(=O)(=O)C(C)C. The molecule has 0 heterocycles. The van der Waals surface area contributed by atoms with Crippen LogP contribution in [0.5, 0.6) is 0 Å². The van der Waals surface area contributed by atoms with Gasteiger partial charge in [-0.15, -0.1) is 4.83 Å². The molecule has 2 rings (SSSR count). The first kappa shape index (κ1) is 38.4. The minimum atomic E-state index is -3.61. The van der Waals surface area contributed by atoms with Crippen molar-refractivity contribution in [1.29, 1.82) is 0 Å². The third-order valence-corrected chi connectivity index (χ3v) is 11.1. The average molecular weight is 644 g/mol. The molecule has 11 nitrogen and oxygen atoms in total. The van der Waals surface area contributed by atoms with Gasteiger partial charge in [-0.3, -0.25) is 14.4 Å². The lowest BCUT2D eigenvalue weighted by molar-refractivity contribution is -0.141. The number of hydrogen-bond acceptors (Lipinski definition) is 7. The van der Waals surface area contributed by atoms with Crippen LogP contribution >= 0.6 is 0 Å². The summed E-state index contributed by atoms with van der Waals surface area (Å²) >= 11 is 0. The molecule has 0 spiro atoms. The van der Waals surface area contributed by atoms with Crippen molar-refractivity contribution in [3.63, 3.8) is 0 Å². The maximum Gasteiger partial charge on any atom is 0.226 e. The molecule has 5 N–H and O–H groups in total. The number of primary amides is 1. The van der Waals surface area contributed by atoms with Crippen LogP contribution in [0.1, 0.15) is 118 Å². The van der Waals surface area contributed by atoms with E-state index in [1.165, 1.54) is 6.42 Å². The third kappa shape index (κ3) is 12.2. The first-order chi connectivity index (χ1) is 20.8. The average Bonchev–Trinajstić information content (AvgIpc) is 2.99. The van der Waals surface area contributed by atoms with Crippen LogP contribution in [0.4, 0.5) is 0 Å². The van der Waals surface area contributed by atoms with Crippen LogP contribution in [-0.2, 0) is 24.4 Å². The molecule has 3 amide bonds. The van der Waals surface area contributed by atoms with Gasteiger partial charge in [0.15, 0.2) is 0 Å². The molecule has 0 aromatic heterocycles. The first-order valence-corrected chi connectivity index (χ1v) is 18.7. The Labute approximate surface area is 266 Å². The third-order valence-electron chi connectivity index (χ3n) is 9.30. The lowest BCUT2D eigenvalue weighted by Crippen LogP contribution is -2.55. The Kier molecular flexibility index (Phi) is 16.6. The fraction of sp³-hybridized carbons (Fsp3) is 0.906. The molecule has 0 aliphatic heterocycles. The fourth-order valence-corrected chi connectivity index (χ4v) is 7.39. The van der Waals surface area contributed by atoms with Crippen LogP contribution in [0, 0.1) is 23.7 Å². The number of carbonyl (C=O) groups is 3. The number of amides is 3. The number of nitrogens with two attached hydrogens (primary N) is 1. The van der Waals surface area contributed by atoms with E-state index in [0.717, 1.165) is 51.4 Å². The second kappa shape index (κ2) is 19.0. The number of unbranched alkanes of at least 4 members (excludes halogenated alkanes) is 1. The van der Waals surface area contributed by atoms with E-state index in [0.29, 0.717) is 44.8 Å². The van der Waals surface area contributed by atoms with Gasteiger partial charge in [-0.1, -0.05) is 59.3 Å². The molecule has 2 aliphatic carbocycles. The standard InChI is InChI=1S/C32H61N5O6S/c1-6-9-17-37(35-44(42,43)23(4)5)22-29(38)28(18-24-13-11-10-12-14-24)34-31(40)26-19-25(30(33)39)20-27(21-26)32(41)36(15-7-2)16-8-3/h23-29,35,38H,6-22H2,1-5H3,(H2,33,39)(H,34,40). The summed E-state index contributed by atoms with van der Waals surface area (Å²) in [6.07, 6.45) is 9.20. The van der Waals surface area contributed by atoms with E-state index in [1.54, 1.807) is 18.9 Å². The maximum atomic E-state index is 13.9. The van der Waals surface area contributed by atoms with Gasteiger partial charge in [-0.25, -0.2) is 13.4 Å². The number of carbonyl (C=O) groups excluding carboxylic acids is 3. The van der Waals surface area contributed by atoms with Gasteiger partial charge in [0.2, 0.25) is 27.7 Å². The summed E-state index contributed by atoms with van der Waals surface area (Å²) in [5, 5.41) is 15.6. The molecule has 0 saturated heterocycles. The van der Waals surface area contributed by atoms with Crippen molar-refractivity contribution in [3.8, 4) is 0 Å². The molecule has 5 unspecified atom stereocenters. The van der Waals surface area contributed by atoms with E-state index in [-0.39, 0.29) is 24.8 Å². The zero-order chi connectivity index (χ0) is 32.9. The van der Waals surface area contributed by atoms with E-state index in [2.05, 4.69) is 10.1 Å². The summed E-state index contributed by atoms with van der Waals surface area (Å²) in [4.78, 5) is 44.2. The van der Waals surface area contributed by atoms with E-state index in [1.807, 2.05) is 25.7 Å². The molecular weight excluding hydrogens is 582 g/mol. The predicted octanol–water partition coefficient (Wildman–Crippen LogP) is 3.31. The molecule has 0 radical (unpaired) electrons. The lowest BCUT2D eigenvalue weighted by atomic mass is 9.73. The highest BCUT2D eigenvalue weighted by Gasteiger charge is 2.40. The van der Waals surface area contributed by atoms with Crippen LogP contribution in [0.2, 0.25) is 0 Å². The highest BCUT2D eigenvalue weighted by atomic mass is 32.2. The Morgan fingerprint density at radius 1 is 0.886 bits per heavy atom. The Morgan fingerprint density at radius 3 is 2.02 bits per heavy atom. The molecular formula is C32H61N5O6S. The molecule has 0 aromatic rings. The summed E-state index contributed by atoms with van der Waals surface area (Å²) in [7, 11) is -3.61. The van der Waals surface area contributed by atoms with Gasteiger partial charge in [0.25, 0.3) is 0 Å². The second-order valence-electron chi connectivity index (χ2n) is 13.4. The summed E-state index contributed by atoms with van der Waals surface area (Å²) in [6, 6.07) is -0.599. The Morgan fingerprint density at radius 2 is 1.48 bits per heavy atom. The van der Waals surface area contributed by atoms with Crippen LogP contribution in [-0.4, -0.2) is 84.7 Å². The number of hydrogen-bond donors (Lipinski definition) is 4. The van der Waals surface area contributed by atoms with E-state index >= 15 is 0 Å². The van der Waals surface area contributed by atoms with Crippen molar-refractivity contribution in [1.82, 2.24) is 20.1 Å². The summed E-state index contributed by atoms with van der Waals surface area (Å²) in [5.41, 5.74) is 5.73. The van der Waals surface area contributed by atoms with Crippen molar-refractivity contribution in [2.75, 3.05) is 26.2 Å². The molecule has 0 bridgehead atoms. The van der Waals surface area contributed by atoms with Crippen LogP contribution in [0.25, 0.3) is 0 Å². The van der Waals surface area contributed by atoms with Crippen LogP contribution in [0.15, 0.2) is 0 Å². The number of nitrogens with zero attached hydrogens (tertiary/aromatic N) is 2. The zero-order valence-corrected chi connectivity index (χ0v) is 28.7. The topological polar surface area (TPSA) is 162 Å². The van der Waals surface area contributed by atoms with Crippen molar-refractivity contribution >= 4 is 27.7 Å². The first-order valence-electron chi connectivity index (χ1n) is 17.1. The number of sulfonamides is 1. The summed E-state index contributed by atoms with van der Waals surface area (Å²) < 4.78 is 25.4. The van der Waals surface area contributed by atoms with Gasteiger partial charge in [0, 0.05) is 43.9 Å². The normalized spacial score (nSPS) is 23.0. The Balaban J connectivity index is 2.26. The molecule has 256 valence electrons. The fourth-order valence-electron chi connectivity index (χ4n) is 6.65. The second-order valence-corrected chi connectivity index (χ2v) is 15.6. The van der Waals surface area contributed by atoms with Crippen molar-refractivity contribution in [2.45, 2.75) is 135 Å². The van der Waals surface area contributed by atoms with Gasteiger partial charge in [0.1, 0.15) is 0 Å². The lowest BCUT2D eigenvalue weighted by Gasteiger charge is -2.37. The molecule has 2 saturated carbocycles. The maximum absolute atomic E-state index is 13.9. The van der Waals surface area contributed by atoms with Crippen molar-refractivity contribution in [3.05, 3.63) is 0 Å². The van der Waals surface area contributed by atoms with Gasteiger partial charge in [-0.2, -0.15) is 0 Å². The predicted molar refractivity (Wildman–Crippen MR) is 173 cm³/mol. The number of rotatable bonds is 19. The molecule has 12 heteroatoms. The van der Waals surface area contributed by atoms with E-state index in [9.17, 15) is 27.9 Å². The number of aliphatic hydroxyl groups is 1. The molecule has 2 fully saturated rings. The van der Waals surface area contributed by atoms with Gasteiger partial charge < -0.3 is 21.1 Å². The van der Waals surface area contributed by atoms with Crippen LogP contribution < -0.4 is 15.9 Å². The van der Waals surface area contributed by atoms with Gasteiger partial charge >= 0.3 is 0 Å². The summed E-state index contributed by atoms with van der Waals surface area (Å²) in [6.45, 7) is 11.0. The van der Waals surface area contributed by atoms with E-state index in [4.69, 9.17) is 5.73 Å². The highest BCUT2D eigenvalue weighted by molar-refractivity contribution is 7.90. The van der Waals surface area contributed by atoms with Crippen LogP contribution in [0.3, 0.4) is 0 Å². The van der Waals surface area contributed by atoms with Gasteiger partial charge in [-0.05, 0) is 64.7 Å². The Hall–Kier alpha value is -1.76. The largest absolute Gasteiger partial charge is 0.390 e. The minimum absolute atomic E-state index is 0.0276.